The third kappa shape index (κ3) is 6.13. The number of amides is 2. The number of nitrogens with one attached hydrogen (secondary N) is 2. The molecule has 0 saturated heterocycles. The lowest BCUT2D eigenvalue weighted by atomic mass is 9.85. The molecule has 1 aliphatic rings. The van der Waals surface area contributed by atoms with E-state index in [4.69, 9.17) is 20.3 Å². The quantitative estimate of drug-likeness (QED) is 0.315. The maximum atomic E-state index is 13.5. The van der Waals surface area contributed by atoms with Crippen LogP contribution in [0.25, 0.3) is 11.1 Å². The Morgan fingerprint density at radius 1 is 1.21 bits per heavy atom. The number of halogens is 1. The second-order valence-electron chi connectivity index (χ2n) is 10.3. The number of Topliss-reactive ketones (excluding diaryl/α,β-unsaturated/α-hetero) is 1. The molecule has 2 aromatic carbocycles. The van der Waals surface area contributed by atoms with Gasteiger partial charge in [0.25, 0.3) is 5.91 Å². The van der Waals surface area contributed by atoms with Crippen LogP contribution in [0.4, 0.5) is 0 Å². The molecule has 0 atom stereocenters. The average Bonchev–Trinajstić information content (AvgIpc) is 3.40. The first-order valence-electron chi connectivity index (χ1n) is 12.5. The molecule has 0 radical (unpaired) electrons. The molecular formula is C28H34BrN5O5. The largest absolute Gasteiger partial charge is 0.493 e. The van der Waals surface area contributed by atoms with Crippen molar-refractivity contribution in [2.24, 2.45) is 5.73 Å². The lowest BCUT2D eigenvalue weighted by Gasteiger charge is -2.21. The Morgan fingerprint density at radius 2 is 1.92 bits per heavy atom. The van der Waals surface area contributed by atoms with Gasteiger partial charge in [-0.2, -0.15) is 0 Å². The van der Waals surface area contributed by atoms with Gasteiger partial charge in [0.1, 0.15) is 17.1 Å². The van der Waals surface area contributed by atoms with Crippen LogP contribution in [0, 0.1) is 5.41 Å². The zero-order valence-electron chi connectivity index (χ0n) is 22.8. The van der Waals surface area contributed by atoms with Gasteiger partial charge in [0, 0.05) is 43.1 Å². The van der Waals surface area contributed by atoms with Crippen LogP contribution in [0.5, 0.6) is 5.75 Å². The smallest absolute Gasteiger partial charge is 0.254 e. The fourth-order valence-corrected chi connectivity index (χ4v) is 4.55. The number of carbonyl (C=O) groups is 3. The van der Waals surface area contributed by atoms with Crippen LogP contribution in [0.15, 0.2) is 28.7 Å². The van der Waals surface area contributed by atoms with Gasteiger partial charge in [0.05, 0.1) is 18.7 Å². The molecule has 0 bridgehead atoms. The normalized spacial score (nSPS) is 12.7. The van der Waals surface area contributed by atoms with Crippen molar-refractivity contribution in [1.82, 2.24) is 15.2 Å². The van der Waals surface area contributed by atoms with Crippen LogP contribution in [0.3, 0.4) is 0 Å². The van der Waals surface area contributed by atoms with Crippen LogP contribution >= 0.6 is 17.0 Å². The number of hydrogen-bond donors (Lipinski definition) is 3. The van der Waals surface area contributed by atoms with E-state index >= 15 is 0 Å². The molecule has 10 nitrogen and oxygen atoms in total. The second kappa shape index (κ2) is 11.6. The van der Waals surface area contributed by atoms with Crippen LogP contribution < -0.4 is 15.8 Å². The van der Waals surface area contributed by atoms with E-state index in [1.54, 1.807) is 30.1 Å². The van der Waals surface area contributed by atoms with Crippen LogP contribution in [-0.2, 0) is 23.2 Å². The van der Waals surface area contributed by atoms with Crippen molar-refractivity contribution in [3.63, 3.8) is 0 Å². The molecule has 4 rings (SSSR count). The summed E-state index contributed by atoms with van der Waals surface area (Å²) in [5.74, 6) is 0.100. The molecule has 0 saturated carbocycles. The van der Waals surface area contributed by atoms with E-state index < -0.39 is 5.91 Å². The summed E-state index contributed by atoms with van der Waals surface area (Å²) < 4.78 is 11.6. The van der Waals surface area contributed by atoms with E-state index in [1.807, 2.05) is 33.8 Å². The van der Waals surface area contributed by atoms with Gasteiger partial charge >= 0.3 is 0 Å². The third-order valence-corrected chi connectivity index (χ3v) is 6.49. The molecule has 2 heterocycles. The van der Waals surface area contributed by atoms with E-state index in [0.717, 1.165) is 11.1 Å². The van der Waals surface area contributed by atoms with Gasteiger partial charge in [-0.25, -0.2) is 4.98 Å². The molecule has 0 spiro atoms. The second-order valence-corrected chi connectivity index (χ2v) is 10.3. The number of primary amides is 1. The number of amidine groups is 1. The summed E-state index contributed by atoms with van der Waals surface area (Å²) >= 11 is 0. The van der Waals surface area contributed by atoms with Crippen molar-refractivity contribution >= 4 is 51.5 Å². The van der Waals surface area contributed by atoms with E-state index in [-0.39, 0.29) is 59.3 Å². The van der Waals surface area contributed by atoms with Crippen molar-refractivity contribution in [1.29, 1.82) is 5.41 Å². The Labute approximate surface area is 237 Å². The molecule has 39 heavy (non-hydrogen) atoms. The summed E-state index contributed by atoms with van der Waals surface area (Å²) in [6, 6.07) is 6.93. The number of ether oxygens (including phenoxy) is 1. The lowest BCUT2D eigenvalue weighted by molar-refractivity contribution is -0.118. The first-order valence-corrected chi connectivity index (χ1v) is 12.5. The summed E-state index contributed by atoms with van der Waals surface area (Å²) in [5, 5.41) is 11.3. The van der Waals surface area contributed by atoms with Gasteiger partial charge in [-0.15, -0.1) is 17.0 Å². The number of benzene rings is 2. The highest BCUT2D eigenvalue weighted by molar-refractivity contribution is 8.93. The van der Waals surface area contributed by atoms with Crippen LogP contribution in [0.2, 0.25) is 0 Å². The van der Waals surface area contributed by atoms with E-state index in [2.05, 4.69) is 10.3 Å². The van der Waals surface area contributed by atoms with E-state index in [9.17, 15) is 14.4 Å². The van der Waals surface area contributed by atoms with Gasteiger partial charge in [0.15, 0.2) is 17.3 Å². The Bertz CT molecular complexity index is 1460. The maximum absolute atomic E-state index is 13.5. The number of aromatic nitrogens is 1. The molecule has 1 aliphatic heterocycles. The first kappa shape index (κ1) is 29.8. The molecule has 3 aromatic rings. The Morgan fingerprint density at radius 3 is 2.54 bits per heavy atom. The topological polar surface area (TPSA) is 152 Å². The summed E-state index contributed by atoms with van der Waals surface area (Å²) in [6.45, 7) is 8.63. The zero-order chi connectivity index (χ0) is 27.8. The molecular weight excluding hydrogens is 566 g/mol. The fourth-order valence-electron chi connectivity index (χ4n) is 4.55. The minimum Gasteiger partial charge on any atom is -0.493 e. The lowest BCUT2D eigenvalue weighted by Crippen LogP contribution is -2.30. The maximum Gasteiger partial charge on any atom is 0.254 e. The number of nitrogens with two attached hydrogens (primary N) is 1. The van der Waals surface area contributed by atoms with Crippen molar-refractivity contribution in [2.75, 3.05) is 20.2 Å². The van der Waals surface area contributed by atoms with Gasteiger partial charge < -0.3 is 25.1 Å². The number of aryl methyl sites for hydroxylation is 1. The van der Waals surface area contributed by atoms with Crippen LogP contribution in [0.1, 0.15) is 77.4 Å². The average molecular weight is 601 g/mol. The molecule has 0 unspecified atom stereocenters. The summed E-state index contributed by atoms with van der Waals surface area (Å²) in [5.41, 5.74) is 9.11. The first-order chi connectivity index (χ1) is 17.9. The Balaban J connectivity index is 0.00000420. The third-order valence-electron chi connectivity index (χ3n) is 6.49. The molecule has 2 amide bonds. The summed E-state index contributed by atoms with van der Waals surface area (Å²) in [4.78, 5) is 43.3. The number of fused-ring (bicyclic) bond motifs is 2. The molecule has 11 heteroatoms. The highest BCUT2D eigenvalue weighted by Gasteiger charge is 2.30. The number of hydrogen-bond acceptors (Lipinski definition) is 7. The minimum absolute atomic E-state index is 0. The summed E-state index contributed by atoms with van der Waals surface area (Å²) in [7, 11) is 1.54. The highest BCUT2D eigenvalue weighted by atomic mass is 79.9. The standard InChI is InChI=1S/C28H33N5O5.BrH/c1-6-37-22-11-16-13-33(26(30)17(16)12-18(22)27(36)31-5)14-21(34)15-9-19(28(2,3)4)25-20(10-15)32-24(38-25)8-7-23(29)35;/h9-12,30H,6-8,13-14H2,1-5H3,(H2,29,35)(H,31,36);1H. The number of rotatable bonds is 9. The van der Waals surface area contributed by atoms with Crippen molar-refractivity contribution < 1.29 is 23.5 Å². The van der Waals surface area contributed by atoms with Gasteiger partial charge in [-0.3, -0.25) is 19.8 Å². The van der Waals surface area contributed by atoms with E-state index in [1.165, 1.54) is 0 Å². The number of oxazole rings is 1. The fraction of sp³-hybridized carbons (Fsp3) is 0.393. The minimum atomic E-state index is -0.441. The number of nitrogens with zero attached hydrogens (tertiary/aromatic N) is 2. The predicted octanol–water partition coefficient (Wildman–Crippen LogP) is 3.90. The van der Waals surface area contributed by atoms with Crippen molar-refractivity contribution in [3.8, 4) is 5.75 Å². The number of ketones is 1. The molecule has 0 fully saturated rings. The SMILES string of the molecule is Br.CCOc1cc2c(cc1C(=O)NC)C(=N)N(CC(=O)c1cc(C(C)(C)C)c3oc(CCC(N)=O)nc3c1)C2. The zero-order valence-corrected chi connectivity index (χ0v) is 24.5. The van der Waals surface area contributed by atoms with Crippen LogP contribution in [-0.4, -0.2) is 53.5 Å². The molecule has 1 aromatic heterocycles. The summed E-state index contributed by atoms with van der Waals surface area (Å²) in [6.07, 6.45) is 0.398. The molecule has 4 N–H and O–H groups in total. The predicted molar refractivity (Wildman–Crippen MR) is 153 cm³/mol. The monoisotopic (exact) mass is 599 g/mol. The van der Waals surface area contributed by atoms with Gasteiger partial charge in [-0.05, 0) is 42.2 Å². The molecule has 208 valence electrons. The highest BCUT2D eigenvalue weighted by Crippen LogP contribution is 2.34. The van der Waals surface area contributed by atoms with Gasteiger partial charge in [-0.1, -0.05) is 20.8 Å². The van der Waals surface area contributed by atoms with Crippen molar-refractivity contribution in [2.45, 2.75) is 52.5 Å². The number of carbonyl (C=O) groups excluding carboxylic acids is 3. The van der Waals surface area contributed by atoms with Gasteiger partial charge in [0.2, 0.25) is 5.91 Å². The molecule has 0 aliphatic carbocycles. The van der Waals surface area contributed by atoms with E-state index in [0.29, 0.717) is 52.6 Å². The Kier molecular flexibility index (Phi) is 8.84. The Hall–Kier alpha value is -3.73. The van der Waals surface area contributed by atoms with Crippen molar-refractivity contribution in [3.05, 3.63) is 58.0 Å².